The third-order valence-electron chi connectivity index (χ3n) is 5.81. The fraction of sp³-hybridized carbons (Fsp3) is 0.320. The summed E-state index contributed by atoms with van der Waals surface area (Å²) in [7, 11) is 1.93. The maximum atomic E-state index is 13.0. The minimum Gasteiger partial charge on any atom is -0.462 e. The summed E-state index contributed by atoms with van der Waals surface area (Å²) in [5.41, 5.74) is 3.20. The molecule has 0 fully saturated rings. The molecule has 0 spiro atoms. The second-order valence-corrected chi connectivity index (χ2v) is 9.22. The normalized spacial score (nSPS) is 15.8. The molecule has 2 aromatic heterocycles. The van der Waals surface area contributed by atoms with Crippen LogP contribution in [0.3, 0.4) is 0 Å². The number of carbonyl (C=O) groups excluding carboxylic acids is 2. The minimum atomic E-state index is -0.530. The molecule has 0 aliphatic heterocycles. The number of para-hydroxylation sites is 1. The van der Waals surface area contributed by atoms with Crippen molar-refractivity contribution in [3.8, 4) is 6.07 Å². The van der Waals surface area contributed by atoms with Gasteiger partial charge >= 0.3 is 5.97 Å². The molecule has 1 aliphatic carbocycles. The van der Waals surface area contributed by atoms with Gasteiger partial charge in [-0.2, -0.15) is 5.26 Å². The predicted molar refractivity (Wildman–Crippen MR) is 127 cm³/mol. The van der Waals surface area contributed by atoms with Gasteiger partial charge in [0.2, 0.25) is 0 Å². The molecule has 164 valence electrons. The fourth-order valence-electron chi connectivity index (χ4n) is 4.22. The lowest BCUT2D eigenvalue weighted by molar-refractivity contribution is -0.112. The molecular weight excluding hydrogens is 422 g/mol. The van der Waals surface area contributed by atoms with Gasteiger partial charge in [-0.3, -0.25) is 4.79 Å². The standard InChI is InChI=1S/C25H25N3O3S/c1-4-31-25(30)22-19-10-9-15(2)11-21(19)32-24(22)27-23(29)16(13-26)12-17-14-28(3)20-8-6-5-7-18(17)20/h5-8,12,14-15H,4,9-11H2,1-3H3,(H,27,29). The SMILES string of the molecule is CCOC(=O)c1c(NC(=O)C(C#N)=Cc2cn(C)c3ccccc23)sc2c1CCC(C)C2. The highest BCUT2D eigenvalue weighted by Gasteiger charge is 2.29. The lowest BCUT2D eigenvalue weighted by atomic mass is 9.88. The van der Waals surface area contributed by atoms with Crippen molar-refractivity contribution >= 4 is 45.2 Å². The van der Waals surface area contributed by atoms with Gasteiger partial charge < -0.3 is 14.6 Å². The van der Waals surface area contributed by atoms with Crippen molar-refractivity contribution in [1.82, 2.24) is 4.57 Å². The van der Waals surface area contributed by atoms with E-state index >= 15 is 0 Å². The zero-order chi connectivity index (χ0) is 22.8. The Morgan fingerprint density at radius 2 is 2.16 bits per heavy atom. The van der Waals surface area contributed by atoms with E-state index in [-0.39, 0.29) is 12.2 Å². The second kappa shape index (κ2) is 9.01. The number of thiophene rings is 1. The molecule has 1 amide bonds. The van der Waals surface area contributed by atoms with Crippen LogP contribution in [0.4, 0.5) is 5.00 Å². The number of aromatic nitrogens is 1. The molecule has 1 N–H and O–H groups in total. The van der Waals surface area contributed by atoms with Crippen LogP contribution in [0.25, 0.3) is 17.0 Å². The van der Waals surface area contributed by atoms with Gasteiger partial charge in [0.1, 0.15) is 16.6 Å². The Labute approximate surface area is 191 Å². The Balaban J connectivity index is 1.69. The first-order valence-electron chi connectivity index (χ1n) is 10.7. The van der Waals surface area contributed by atoms with E-state index in [0.29, 0.717) is 16.5 Å². The smallest absolute Gasteiger partial charge is 0.341 e. The van der Waals surface area contributed by atoms with Gasteiger partial charge in [-0.05, 0) is 49.8 Å². The van der Waals surface area contributed by atoms with Gasteiger partial charge in [0.25, 0.3) is 5.91 Å². The predicted octanol–water partition coefficient (Wildman–Crippen LogP) is 5.09. The van der Waals surface area contributed by atoms with Crippen LogP contribution in [-0.4, -0.2) is 23.1 Å². The molecule has 0 saturated carbocycles. The zero-order valence-electron chi connectivity index (χ0n) is 18.4. The minimum absolute atomic E-state index is 0.0177. The number of nitrogens with one attached hydrogen (secondary N) is 1. The number of rotatable bonds is 5. The molecule has 0 bridgehead atoms. The number of fused-ring (bicyclic) bond motifs is 2. The quantitative estimate of drug-likeness (QED) is 0.336. The van der Waals surface area contributed by atoms with Crippen molar-refractivity contribution < 1.29 is 14.3 Å². The van der Waals surface area contributed by atoms with Gasteiger partial charge in [0, 0.05) is 34.6 Å². The molecule has 0 saturated heterocycles. The molecule has 2 heterocycles. The highest BCUT2D eigenvalue weighted by atomic mass is 32.1. The first-order valence-corrected chi connectivity index (χ1v) is 11.5. The molecule has 0 radical (unpaired) electrons. The van der Waals surface area contributed by atoms with Crippen molar-refractivity contribution in [2.24, 2.45) is 13.0 Å². The van der Waals surface area contributed by atoms with E-state index in [9.17, 15) is 14.9 Å². The van der Waals surface area contributed by atoms with Crippen LogP contribution < -0.4 is 5.32 Å². The van der Waals surface area contributed by atoms with Gasteiger partial charge in [0.05, 0.1) is 12.2 Å². The number of anilines is 1. The van der Waals surface area contributed by atoms with Crippen LogP contribution in [0.1, 0.15) is 46.6 Å². The number of hydrogen-bond donors (Lipinski definition) is 1. The molecule has 3 aromatic rings. The van der Waals surface area contributed by atoms with Gasteiger partial charge in [-0.25, -0.2) is 4.79 Å². The van der Waals surface area contributed by atoms with E-state index in [0.717, 1.165) is 46.2 Å². The van der Waals surface area contributed by atoms with E-state index < -0.39 is 11.9 Å². The lowest BCUT2D eigenvalue weighted by Gasteiger charge is -2.18. The van der Waals surface area contributed by atoms with Crippen LogP contribution in [-0.2, 0) is 29.4 Å². The Kier molecular flexibility index (Phi) is 6.15. The molecule has 1 atom stereocenters. The Bertz CT molecular complexity index is 1280. The van der Waals surface area contributed by atoms with Gasteiger partial charge in [-0.1, -0.05) is 25.1 Å². The largest absolute Gasteiger partial charge is 0.462 e. The van der Waals surface area contributed by atoms with Crippen molar-refractivity contribution in [2.45, 2.75) is 33.1 Å². The monoisotopic (exact) mass is 447 g/mol. The van der Waals surface area contributed by atoms with Crippen LogP contribution in [0.15, 0.2) is 36.0 Å². The van der Waals surface area contributed by atoms with Crippen molar-refractivity contribution in [3.63, 3.8) is 0 Å². The van der Waals surface area contributed by atoms with E-state index in [1.54, 1.807) is 13.0 Å². The number of benzene rings is 1. The second-order valence-electron chi connectivity index (χ2n) is 8.11. The Morgan fingerprint density at radius 1 is 1.38 bits per heavy atom. The van der Waals surface area contributed by atoms with E-state index in [2.05, 4.69) is 12.2 Å². The maximum absolute atomic E-state index is 13.0. The van der Waals surface area contributed by atoms with E-state index in [1.165, 1.54) is 11.3 Å². The van der Waals surface area contributed by atoms with E-state index in [1.807, 2.05) is 48.1 Å². The molecule has 6 nitrogen and oxygen atoms in total. The van der Waals surface area contributed by atoms with Crippen LogP contribution in [0.5, 0.6) is 0 Å². The molecule has 4 rings (SSSR count). The first kappa shape index (κ1) is 21.8. The number of hydrogen-bond acceptors (Lipinski definition) is 5. The van der Waals surface area contributed by atoms with Gasteiger partial charge in [0.15, 0.2) is 0 Å². The van der Waals surface area contributed by atoms with Crippen LogP contribution in [0, 0.1) is 17.2 Å². The number of nitriles is 1. The van der Waals surface area contributed by atoms with Crippen LogP contribution >= 0.6 is 11.3 Å². The van der Waals surface area contributed by atoms with Crippen molar-refractivity contribution in [3.05, 3.63) is 57.6 Å². The number of carbonyl (C=O) groups is 2. The fourth-order valence-corrected chi connectivity index (χ4v) is 5.61. The molecule has 32 heavy (non-hydrogen) atoms. The summed E-state index contributed by atoms with van der Waals surface area (Å²) in [5, 5.41) is 14.0. The summed E-state index contributed by atoms with van der Waals surface area (Å²) in [5.74, 6) is -0.426. The topological polar surface area (TPSA) is 84.1 Å². The average molecular weight is 448 g/mol. The molecule has 1 unspecified atom stereocenters. The lowest BCUT2D eigenvalue weighted by Crippen LogP contribution is -2.17. The summed E-state index contributed by atoms with van der Waals surface area (Å²) in [6, 6.07) is 9.84. The summed E-state index contributed by atoms with van der Waals surface area (Å²) in [4.78, 5) is 26.8. The Morgan fingerprint density at radius 3 is 2.91 bits per heavy atom. The summed E-state index contributed by atoms with van der Waals surface area (Å²) in [6.45, 7) is 4.21. The number of amides is 1. The third-order valence-corrected chi connectivity index (χ3v) is 6.98. The maximum Gasteiger partial charge on any atom is 0.341 e. The summed E-state index contributed by atoms with van der Waals surface area (Å²) in [6.07, 6.45) is 6.14. The molecule has 1 aliphatic rings. The van der Waals surface area contributed by atoms with Crippen LogP contribution in [0.2, 0.25) is 0 Å². The Hall–Kier alpha value is -3.37. The number of aryl methyl sites for hydroxylation is 1. The number of esters is 1. The highest BCUT2D eigenvalue weighted by molar-refractivity contribution is 7.17. The number of ether oxygens (including phenoxy) is 1. The van der Waals surface area contributed by atoms with Crippen molar-refractivity contribution in [1.29, 1.82) is 5.26 Å². The summed E-state index contributed by atoms with van der Waals surface area (Å²) < 4.78 is 7.23. The molecule has 1 aromatic carbocycles. The highest BCUT2D eigenvalue weighted by Crippen LogP contribution is 2.40. The zero-order valence-corrected chi connectivity index (χ0v) is 19.2. The summed E-state index contributed by atoms with van der Waals surface area (Å²) >= 11 is 1.42. The molecule has 7 heteroatoms. The van der Waals surface area contributed by atoms with E-state index in [4.69, 9.17) is 4.74 Å². The molecular formula is C25H25N3O3S. The average Bonchev–Trinajstić information content (AvgIpc) is 3.28. The van der Waals surface area contributed by atoms with Crippen molar-refractivity contribution in [2.75, 3.05) is 11.9 Å². The third kappa shape index (κ3) is 4.06. The number of nitrogens with zero attached hydrogens (tertiary/aromatic N) is 2. The first-order chi connectivity index (χ1) is 15.4. The van der Waals surface area contributed by atoms with Gasteiger partial charge in [-0.15, -0.1) is 11.3 Å².